The van der Waals surface area contributed by atoms with Crippen molar-refractivity contribution in [2.75, 3.05) is 20.2 Å². The monoisotopic (exact) mass is 286 g/mol. The van der Waals surface area contributed by atoms with E-state index in [4.69, 9.17) is 10.5 Å². The maximum absolute atomic E-state index is 6.14. The molecule has 2 aromatic carbocycles. The lowest BCUT2D eigenvalue weighted by Gasteiger charge is -2.35. The first-order valence-electron chi connectivity index (χ1n) is 7.65. The summed E-state index contributed by atoms with van der Waals surface area (Å²) in [5.41, 5.74) is 7.34. The van der Waals surface area contributed by atoms with Gasteiger partial charge in [-0.15, -0.1) is 0 Å². The van der Waals surface area contributed by atoms with E-state index in [0.29, 0.717) is 12.6 Å². The highest BCUT2D eigenvalue weighted by molar-refractivity contribution is 5.88. The first kappa shape index (κ1) is 15.8. The smallest absolute Gasteiger partial charge is 0.124 e. The second-order valence-electron chi connectivity index (χ2n) is 5.58. The normalized spacial score (nSPS) is 13.1. The molecule has 114 valence electrons. The summed E-state index contributed by atoms with van der Waals surface area (Å²) in [4.78, 5) is 2.42. The molecule has 0 radical (unpaired) electrons. The Morgan fingerprint density at radius 1 is 1.14 bits per heavy atom. The van der Waals surface area contributed by atoms with Gasteiger partial charge in [-0.3, -0.25) is 4.90 Å². The van der Waals surface area contributed by atoms with E-state index in [9.17, 15) is 0 Å². The van der Waals surface area contributed by atoms with E-state index in [1.165, 1.54) is 16.3 Å². The molecule has 0 heterocycles. The van der Waals surface area contributed by atoms with Crippen LogP contribution in [0.5, 0.6) is 5.75 Å². The number of fused-ring (bicyclic) bond motifs is 1. The third-order valence-corrected chi connectivity index (χ3v) is 4.14. The van der Waals surface area contributed by atoms with Crippen molar-refractivity contribution in [2.24, 2.45) is 5.73 Å². The second kappa shape index (κ2) is 6.92. The molecule has 0 aliphatic carbocycles. The van der Waals surface area contributed by atoms with Gasteiger partial charge in [-0.25, -0.2) is 0 Å². The number of ether oxygens (including phenoxy) is 1. The van der Waals surface area contributed by atoms with Crippen LogP contribution in [0.2, 0.25) is 0 Å². The minimum atomic E-state index is 0.163. The summed E-state index contributed by atoms with van der Waals surface area (Å²) < 4.78 is 5.63. The largest absolute Gasteiger partial charge is 0.496 e. The SMILES string of the molecule is CCN(C(C)C)C(CN)c1c(OC)ccc2ccccc12. The van der Waals surface area contributed by atoms with Gasteiger partial charge in [-0.2, -0.15) is 0 Å². The Kier molecular flexibility index (Phi) is 5.21. The number of hydrogen-bond donors (Lipinski definition) is 1. The number of nitrogens with zero attached hydrogens (tertiary/aromatic N) is 1. The zero-order valence-electron chi connectivity index (χ0n) is 13.5. The van der Waals surface area contributed by atoms with Crippen LogP contribution in [0.25, 0.3) is 10.8 Å². The summed E-state index contributed by atoms with van der Waals surface area (Å²) in [6, 6.07) is 13.2. The van der Waals surface area contributed by atoms with E-state index >= 15 is 0 Å². The highest BCUT2D eigenvalue weighted by Gasteiger charge is 2.25. The quantitative estimate of drug-likeness (QED) is 0.882. The molecule has 3 nitrogen and oxygen atoms in total. The van der Waals surface area contributed by atoms with Crippen LogP contribution in [0, 0.1) is 0 Å². The van der Waals surface area contributed by atoms with Crippen LogP contribution in [-0.4, -0.2) is 31.1 Å². The molecule has 2 aromatic rings. The van der Waals surface area contributed by atoms with Gasteiger partial charge in [0.15, 0.2) is 0 Å². The average molecular weight is 286 g/mol. The molecule has 0 aliphatic heterocycles. The molecule has 0 aliphatic rings. The van der Waals surface area contributed by atoms with Crippen LogP contribution in [0.3, 0.4) is 0 Å². The molecule has 0 fully saturated rings. The fraction of sp³-hybridized carbons (Fsp3) is 0.444. The number of nitrogens with two attached hydrogens (primary N) is 1. The molecule has 1 unspecified atom stereocenters. The zero-order chi connectivity index (χ0) is 15.4. The standard InChI is InChI=1S/C18H26N2O/c1-5-20(13(2)3)16(12-19)18-15-9-7-6-8-14(15)10-11-17(18)21-4/h6-11,13,16H,5,12,19H2,1-4H3. The van der Waals surface area contributed by atoms with Crippen LogP contribution in [0.1, 0.15) is 32.4 Å². The van der Waals surface area contributed by atoms with Crippen molar-refractivity contribution in [3.63, 3.8) is 0 Å². The molecule has 0 saturated heterocycles. The summed E-state index contributed by atoms with van der Waals surface area (Å²) in [5, 5.41) is 2.46. The first-order valence-corrected chi connectivity index (χ1v) is 7.65. The van der Waals surface area contributed by atoms with Crippen molar-refractivity contribution < 1.29 is 4.74 Å². The minimum absolute atomic E-state index is 0.163. The molecule has 21 heavy (non-hydrogen) atoms. The predicted octanol–water partition coefficient (Wildman–Crippen LogP) is 3.58. The van der Waals surface area contributed by atoms with Crippen molar-refractivity contribution in [2.45, 2.75) is 32.9 Å². The van der Waals surface area contributed by atoms with Crippen molar-refractivity contribution >= 4 is 10.8 Å². The molecule has 0 aromatic heterocycles. The second-order valence-corrected chi connectivity index (χ2v) is 5.58. The van der Waals surface area contributed by atoms with E-state index in [1.807, 2.05) is 0 Å². The lowest BCUT2D eigenvalue weighted by Crippen LogP contribution is -2.38. The molecule has 0 spiro atoms. The fourth-order valence-corrected chi connectivity index (χ4v) is 3.16. The maximum Gasteiger partial charge on any atom is 0.124 e. The topological polar surface area (TPSA) is 38.5 Å². The molecule has 0 saturated carbocycles. The van der Waals surface area contributed by atoms with Crippen molar-refractivity contribution in [3.05, 3.63) is 42.0 Å². The Labute approximate surface area is 127 Å². The van der Waals surface area contributed by atoms with Gasteiger partial charge in [-0.1, -0.05) is 37.3 Å². The van der Waals surface area contributed by atoms with Crippen LogP contribution in [0.4, 0.5) is 0 Å². The minimum Gasteiger partial charge on any atom is -0.496 e. The van der Waals surface area contributed by atoms with Gasteiger partial charge in [0, 0.05) is 18.2 Å². The van der Waals surface area contributed by atoms with Crippen LogP contribution >= 0.6 is 0 Å². The van der Waals surface area contributed by atoms with E-state index in [0.717, 1.165) is 12.3 Å². The molecule has 0 bridgehead atoms. The molecule has 0 amide bonds. The average Bonchev–Trinajstić information content (AvgIpc) is 2.51. The van der Waals surface area contributed by atoms with Crippen LogP contribution < -0.4 is 10.5 Å². The Bertz CT molecular complexity index is 595. The predicted molar refractivity (Wildman–Crippen MR) is 89.8 cm³/mol. The third kappa shape index (κ3) is 3.04. The summed E-state index contributed by atoms with van der Waals surface area (Å²) >= 11 is 0. The van der Waals surface area contributed by atoms with E-state index in [1.54, 1.807) is 7.11 Å². The number of hydrogen-bond acceptors (Lipinski definition) is 3. The Morgan fingerprint density at radius 2 is 1.86 bits per heavy atom. The lowest BCUT2D eigenvalue weighted by molar-refractivity contribution is 0.165. The fourth-order valence-electron chi connectivity index (χ4n) is 3.16. The molecule has 3 heteroatoms. The summed E-state index contributed by atoms with van der Waals surface area (Å²) in [5.74, 6) is 0.920. The van der Waals surface area contributed by atoms with Gasteiger partial charge in [0.2, 0.25) is 0 Å². The Hall–Kier alpha value is -1.58. The number of benzene rings is 2. The maximum atomic E-state index is 6.14. The lowest BCUT2D eigenvalue weighted by atomic mass is 9.95. The van der Waals surface area contributed by atoms with Gasteiger partial charge in [0.1, 0.15) is 5.75 Å². The van der Waals surface area contributed by atoms with E-state index in [2.05, 4.69) is 62.1 Å². The molecule has 2 rings (SSSR count). The number of methoxy groups -OCH3 is 1. The van der Waals surface area contributed by atoms with Crippen molar-refractivity contribution in [1.29, 1.82) is 0 Å². The van der Waals surface area contributed by atoms with Crippen LogP contribution in [0.15, 0.2) is 36.4 Å². The molecule has 1 atom stereocenters. The Balaban J connectivity index is 2.65. The molecular weight excluding hydrogens is 260 g/mol. The zero-order valence-corrected chi connectivity index (χ0v) is 13.5. The number of likely N-dealkylation sites (N-methyl/N-ethyl adjacent to an activating group) is 1. The Morgan fingerprint density at radius 3 is 2.43 bits per heavy atom. The van der Waals surface area contributed by atoms with Gasteiger partial charge < -0.3 is 10.5 Å². The van der Waals surface area contributed by atoms with Gasteiger partial charge in [-0.05, 0) is 37.2 Å². The van der Waals surface area contributed by atoms with Crippen molar-refractivity contribution in [3.8, 4) is 5.75 Å². The molecular formula is C18H26N2O. The first-order chi connectivity index (χ1) is 10.1. The van der Waals surface area contributed by atoms with E-state index in [-0.39, 0.29) is 6.04 Å². The van der Waals surface area contributed by atoms with Crippen molar-refractivity contribution in [1.82, 2.24) is 4.90 Å². The highest BCUT2D eigenvalue weighted by Crippen LogP contribution is 2.36. The van der Waals surface area contributed by atoms with Gasteiger partial charge in [0.25, 0.3) is 0 Å². The third-order valence-electron chi connectivity index (χ3n) is 4.14. The summed E-state index contributed by atoms with van der Waals surface area (Å²) in [7, 11) is 1.73. The van der Waals surface area contributed by atoms with Crippen LogP contribution in [-0.2, 0) is 0 Å². The van der Waals surface area contributed by atoms with E-state index < -0.39 is 0 Å². The molecule has 2 N–H and O–H groups in total. The summed E-state index contributed by atoms with van der Waals surface area (Å²) in [6.07, 6.45) is 0. The van der Waals surface area contributed by atoms with Gasteiger partial charge in [0.05, 0.1) is 13.2 Å². The summed E-state index contributed by atoms with van der Waals surface area (Å²) in [6.45, 7) is 8.15. The number of rotatable bonds is 6. The highest BCUT2D eigenvalue weighted by atomic mass is 16.5. The van der Waals surface area contributed by atoms with Gasteiger partial charge >= 0.3 is 0 Å².